The number of hydrogen-bond donors (Lipinski definition) is 2. The summed E-state index contributed by atoms with van der Waals surface area (Å²) in [6.07, 6.45) is 1.27. The Bertz CT molecular complexity index is 1120. The first-order valence-electron chi connectivity index (χ1n) is 8.87. The first kappa shape index (κ1) is 20.5. The van der Waals surface area contributed by atoms with E-state index in [-0.39, 0.29) is 22.8 Å². The Hall–Kier alpha value is -4.21. The second-order valence-electron chi connectivity index (χ2n) is 6.47. The van der Waals surface area contributed by atoms with E-state index in [2.05, 4.69) is 10.4 Å². The van der Waals surface area contributed by atoms with Gasteiger partial charge in [0.25, 0.3) is 5.69 Å². The zero-order valence-corrected chi connectivity index (χ0v) is 16.1. The molecule has 10 heteroatoms. The van der Waals surface area contributed by atoms with E-state index in [1.807, 2.05) is 19.1 Å². The van der Waals surface area contributed by atoms with Crippen molar-refractivity contribution < 1.29 is 24.4 Å². The molecule has 3 rings (SSSR count). The predicted molar refractivity (Wildman–Crippen MR) is 107 cm³/mol. The minimum atomic E-state index is -1.23. The summed E-state index contributed by atoms with van der Waals surface area (Å²) in [6, 6.07) is 11.4. The van der Waals surface area contributed by atoms with Crippen LogP contribution >= 0.6 is 0 Å². The summed E-state index contributed by atoms with van der Waals surface area (Å²) in [5, 5.41) is 26.9. The second-order valence-corrected chi connectivity index (χ2v) is 6.47. The van der Waals surface area contributed by atoms with Gasteiger partial charge in [-0.05, 0) is 31.5 Å². The lowest BCUT2D eigenvalue weighted by molar-refractivity contribution is -0.384. The van der Waals surface area contributed by atoms with E-state index in [9.17, 15) is 24.8 Å². The number of nitrogens with zero attached hydrogens (tertiary/aromatic N) is 3. The number of rotatable bonds is 7. The molecule has 0 saturated carbocycles. The average molecular weight is 410 g/mol. The normalized spacial score (nSPS) is 11.5. The first-order chi connectivity index (χ1) is 14.3. The lowest BCUT2D eigenvalue weighted by Gasteiger charge is -2.15. The van der Waals surface area contributed by atoms with Crippen LogP contribution in [0.3, 0.4) is 0 Å². The molecule has 30 heavy (non-hydrogen) atoms. The van der Waals surface area contributed by atoms with E-state index >= 15 is 0 Å². The zero-order chi connectivity index (χ0) is 21.8. The van der Waals surface area contributed by atoms with Crippen LogP contribution in [0.15, 0.2) is 54.7 Å². The van der Waals surface area contributed by atoms with Gasteiger partial charge in [0.05, 0.1) is 16.7 Å². The molecule has 0 bridgehead atoms. The van der Waals surface area contributed by atoms with Gasteiger partial charge in [0.2, 0.25) is 5.91 Å². The summed E-state index contributed by atoms with van der Waals surface area (Å²) in [5.74, 6) is -1.13. The molecular formula is C20H18N4O6. The molecule has 0 aliphatic rings. The van der Waals surface area contributed by atoms with Crippen LogP contribution in [0.4, 0.5) is 11.4 Å². The summed E-state index contributed by atoms with van der Waals surface area (Å²) >= 11 is 0. The molecular weight excluding hydrogens is 392 g/mol. The molecule has 0 radical (unpaired) electrons. The van der Waals surface area contributed by atoms with Crippen molar-refractivity contribution in [3.63, 3.8) is 0 Å². The minimum Gasteiger partial charge on any atom is -0.477 e. The quantitative estimate of drug-likeness (QED) is 0.446. The van der Waals surface area contributed by atoms with Crippen molar-refractivity contribution in [3.05, 3.63) is 76.1 Å². The number of carbonyl (C=O) groups excluding carboxylic acids is 1. The standard InChI is InChI=1S/C20H18N4O6/c1-12-5-3-4-6-18(12)30-16-10-14(9-15(11-16)24(28)29)22-19(25)13(2)23-17(20(26)27)7-8-21-23/h3-11,13H,1-2H3,(H,22,25)(H,26,27). The topological polar surface area (TPSA) is 137 Å². The van der Waals surface area contributed by atoms with Gasteiger partial charge >= 0.3 is 5.97 Å². The van der Waals surface area contributed by atoms with Gasteiger partial charge in [-0.1, -0.05) is 18.2 Å². The van der Waals surface area contributed by atoms with Crippen molar-refractivity contribution >= 4 is 23.3 Å². The van der Waals surface area contributed by atoms with Crippen molar-refractivity contribution in [2.45, 2.75) is 19.9 Å². The van der Waals surface area contributed by atoms with Gasteiger partial charge < -0.3 is 15.2 Å². The van der Waals surface area contributed by atoms with Crippen molar-refractivity contribution in [1.29, 1.82) is 0 Å². The van der Waals surface area contributed by atoms with E-state index in [4.69, 9.17) is 4.74 Å². The number of carbonyl (C=O) groups is 2. The van der Waals surface area contributed by atoms with Crippen molar-refractivity contribution in [1.82, 2.24) is 9.78 Å². The number of carboxylic acid groups (broad SMARTS) is 1. The molecule has 0 aliphatic carbocycles. The summed E-state index contributed by atoms with van der Waals surface area (Å²) in [6.45, 7) is 3.30. The number of aromatic carboxylic acids is 1. The number of amides is 1. The molecule has 1 amide bonds. The van der Waals surface area contributed by atoms with Crippen molar-refractivity contribution in [2.24, 2.45) is 0 Å². The number of benzene rings is 2. The van der Waals surface area contributed by atoms with Crippen molar-refractivity contribution in [3.8, 4) is 11.5 Å². The van der Waals surface area contributed by atoms with Gasteiger partial charge in [-0.15, -0.1) is 0 Å². The Kier molecular flexibility index (Phi) is 5.77. The SMILES string of the molecule is Cc1ccccc1Oc1cc(NC(=O)C(C)n2nccc2C(=O)O)cc([N+](=O)[O-])c1. The molecule has 2 N–H and O–H groups in total. The zero-order valence-electron chi connectivity index (χ0n) is 16.1. The Labute approximate surface area is 170 Å². The summed E-state index contributed by atoms with van der Waals surface area (Å²) < 4.78 is 6.81. The third kappa shape index (κ3) is 4.43. The molecule has 2 aromatic carbocycles. The average Bonchev–Trinajstić information content (AvgIpc) is 3.19. The number of aromatic nitrogens is 2. The van der Waals surface area contributed by atoms with E-state index in [1.165, 1.54) is 37.4 Å². The second kappa shape index (κ2) is 8.43. The monoisotopic (exact) mass is 410 g/mol. The lowest BCUT2D eigenvalue weighted by Crippen LogP contribution is -2.26. The number of aryl methyl sites for hydroxylation is 1. The number of ether oxygens (including phenoxy) is 1. The van der Waals surface area contributed by atoms with E-state index < -0.39 is 22.8 Å². The predicted octanol–water partition coefficient (Wildman–Crippen LogP) is 3.79. The highest BCUT2D eigenvalue weighted by molar-refractivity contribution is 5.95. The van der Waals surface area contributed by atoms with Gasteiger partial charge in [-0.2, -0.15) is 5.10 Å². The number of para-hydroxylation sites is 1. The lowest BCUT2D eigenvalue weighted by atomic mass is 10.2. The number of nitrogens with one attached hydrogen (secondary N) is 1. The highest BCUT2D eigenvalue weighted by atomic mass is 16.6. The molecule has 0 saturated heterocycles. The molecule has 1 heterocycles. The molecule has 3 aromatic rings. The number of nitro groups is 1. The van der Waals surface area contributed by atoms with Crippen LogP contribution in [0.25, 0.3) is 0 Å². The van der Waals surface area contributed by atoms with Gasteiger partial charge in [0, 0.05) is 18.3 Å². The Morgan fingerprint density at radius 3 is 2.63 bits per heavy atom. The summed E-state index contributed by atoms with van der Waals surface area (Å²) in [7, 11) is 0. The molecule has 0 spiro atoms. The molecule has 1 atom stereocenters. The van der Waals surface area contributed by atoms with Crippen LogP contribution < -0.4 is 10.1 Å². The highest BCUT2D eigenvalue weighted by Crippen LogP contribution is 2.31. The fourth-order valence-corrected chi connectivity index (χ4v) is 2.77. The van der Waals surface area contributed by atoms with Gasteiger partial charge in [-0.3, -0.25) is 14.9 Å². The maximum absolute atomic E-state index is 12.6. The number of anilines is 1. The molecule has 0 fully saturated rings. The maximum Gasteiger partial charge on any atom is 0.354 e. The molecule has 1 unspecified atom stereocenters. The first-order valence-corrected chi connectivity index (χ1v) is 8.87. The highest BCUT2D eigenvalue weighted by Gasteiger charge is 2.22. The van der Waals surface area contributed by atoms with E-state index in [1.54, 1.807) is 12.1 Å². The Morgan fingerprint density at radius 1 is 1.23 bits per heavy atom. The van der Waals surface area contributed by atoms with Crippen LogP contribution in [0.2, 0.25) is 0 Å². The van der Waals surface area contributed by atoms with Crippen molar-refractivity contribution in [2.75, 3.05) is 5.32 Å². The fraction of sp³-hybridized carbons (Fsp3) is 0.150. The molecule has 154 valence electrons. The van der Waals surface area contributed by atoms with Gasteiger partial charge in [0.1, 0.15) is 23.2 Å². The molecule has 1 aromatic heterocycles. The molecule has 10 nitrogen and oxygen atoms in total. The van der Waals surface area contributed by atoms with E-state index in [0.717, 1.165) is 10.2 Å². The smallest absolute Gasteiger partial charge is 0.354 e. The number of non-ortho nitro benzene ring substituents is 1. The van der Waals surface area contributed by atoms with E-state index in [0.29, 0.717) is 5.75 Å². The van der Waals surface area contributed by atoms with Gasteiger partial charge in [0.15, 0.2) is 0 Å². The van der Waals surface area contributed by atoms with Crippen LogP contribution in [-0.4, -0.2) is 31.7 Å². The van der Waals surface area contributed by atoms with Crippen LogP contribution in [0.1, 0.15) is 29.0 Å². The Balaban J connectivity index is 1.87. The van der Waals surface area contributed by atoms with Gasteiger partial charge in [-0.25, -0.2) is 9.48 Å². The number of nitro benzene ring substituents is 1. The molecule has 0 aliphatic heterocycles. The summed E-state index contributed by atoms with van der Waals surface area (Å²) in [4.78, 5) is 34.6. The summed E-state index contributed by atoms with van der Waals surface area (Å²) in [5.41, 5.74) is 0.548. The maximum atomic E-state index is 12.6. The number of hydrogen-bond acceptors (Lipinski definition) is 6. The number of carboxylic acids is 1. The third-order valence-corrected chi connectivity index (χ3v) is 4.33. The van der Waals surface area contributed by atoms with Crippen LogP contribution in [-0.2, 0) is 4.79 Å². The third-order valence-electron chi connectivity index (χ3n) is 4.33. The minimum absolute atomic E-state index is 0.133. The van der Waals surface area contributed by atoms with Crippen LogP contribution in [0.5, 0.6) is 11.5 Å². The fourth-order valence-electron chi connectivity index (χ4n) is 2.77. The Morgan fingerprint density at radius 2 is 1.97 bits per heavy atom. The largest absolute Gasteiger partial charge is 0.477 e. The van der Waals surface area contributed by atoms with Crippen LogP contribution in [0, 0.1) is 17.0 Å².